The van der Waals surface area contributed by atoms with Gasteiger partial charge in [0.05, 0.1) is 19.7 Å². The van der Waals surface area contributed by atoms with E-state index in [4.69, 9.17) is 9.47 Å². The maximum atomic E-state index is 11.7. The molecular weight excluding hydrogens is 306 g/mol. The van der Waals surface area contributed by atoms with Gasteiger partial charge in [-0.05, 0) is 6.42 Å². The Bertz CT molecular complexity index is 359. The molecule has 1 aliphatic heterocycles. The van der Waals surface area contributed by atoms with Crippen LogP contribution in [0.3, 0.4) is 0 Å². The monoisotopic (exact) mass is 341 g/mol. The highest BCUT2D eigenvalue weighted by Gasteiger charge is 2.36. The quantitative estimate of drug-likeness (QED) is 0.408. The van der Waals surface area contributed by atoms with Crippen molar-refractivity contribution in [2.24, 2.45) is 0 Å². The molecule has 1 fully saturated rings. The first-order valence-corrected chi connectivity index (χ1v) is 9.69. The zero-order chi connectivity index (χ0) is 17.6. The Morgan fingerprint density at radius 1 is 1.04 bits per heavy atom. The zero-order valence-electron chi connectivity index (χ0n) is 15.5. The Morgan fingerprint density at radius 3 is 2.12 bits per heavy atom. The van der Waals surface area contributed by atoms with Crippen molar-refractivity contribution in [1.82, 2.24) is 5.32 Å². The van der Waals surface area contributed by atoms with Crippen LogP contribution in [0, 0.1) is 0 Å². The highest BCUT2D eigenvalue weighted by Crippen LogP contribution is 2.16. The molecule has 0 aromatic rings. The van der Waals surface area contributed by atoms with Crippen molar-refractivity contribution < 1.29 is 19.1 Å². The summed E-state index contributed by atoms with van der Waals surface area (Å²) in [6.07, 6.45) is 14.3. The summed E-state index contributed by atoms with van der Waals surface area (Å²) in [5.41, 5.74) is 0. The molecule has 0 saturated carbocycles. The largest absolute Gasteiger partial charge is 0.466 e. The first-order chi connectivity index (χ1) is 11.7. The van der Waals surface area contributed by atoms with Crippen LogP contribution >= 0.6 is 0 Å². The lowest BCUT2D eigenvalue weighted by Gasteiger charge is -2.30. The van der Waals surface area contributed by atoms with Gasteiger partial charge in [-0.25, -0.2) is 4.79 Å². The van der Waals surface area contributed by atoms with E-state index in [2.05, 4.69) is 12.2 Å². The highest BCUT2D eigenvalue weighted by molar-refractivity contribution is 5.82. The molecule has 2 atom stereocenters. The molecule has 0 bridgehead atoms. The van der Waals surface area contributed by atoms with E-state index in [-0.39, 0.29) is 18.6 Å². The van der Waals surface area contributed by atoms with Gasteiger partial charge in [-0.2, -0.15) is 0 Å². The molecule has 2 unspecified atom stereocenters. The lowest BCUT2D eigenvalue weighted by Crippen LogP contribution is -2.54. The van der Waals surface area contributed by atoms with Gasteiger partial charge in [0.2, 0.25) is 6.10 Å². The molecule has 1 saturated heterocycles. The molecule has 5 nitrogen and oxygen atoms in total. The predicted molar refractivity (Wildman–Crippen MR) is 94.8 cm³/mol. The summed E-state index contributed by atoms with van der Waals surface area (Å²) in [7, 11) is 1.32. The molecule has 5 heteroatoms. The number of cyclic esters (lactones) is 1. The van der Waals surface area contributed by atoms with Crippen LogP contribution in [-0.4, -0.2) is 37.7 Å². The number of hydrogen-bond acceptors (Lipinski definition) is 5. The lowest BCUT2D eigenvalue weighted by atomic mass is 10.00. The van der Waals surface area contributed by atoms with E-state index in [1.54, 1.807) is 0 Å². The summed E-state index contributed by atoms with van der Waals surface area (Å²) in [6.45, 7) is 2.43. The van der Waals surface area contributed by atoms with E-state index >= 15 is 0 Å². The van der Waals surface area contributed by atoms with Gasteiger partial charge in [-0.15, -0.1) is 0 Å². The Morgan fingerprint density at radius 2 is 1.58 bits per heavy atom. The molecule has 24 heavy (non-hydrogen) atoms. The number of rotatable bonds is 13. The van der Waals surface area contributed by atoms with Crippen LogP contribution in [0.5, 0.6) is 0 Å². The third kappa shape index (κ3) is 8.67. The van der Waals surface area contributed by atoms with Gasteiger partial charge in [0.25, 0.3) is 0 Å². The molecule has 1 heterocycles. The van der Waals surface area contributed by atoms with Gasteiger partial charge in [0, 0.05) is 0 Å². The second-order valence-electron chi connectivity index (χ2n) is 6.75. The summed E-state index contributed by atoms with van der Waals surface area (Å²) in [5, 5.41) is 3.09. The number of hydrogen-bond donors (Lipinski definition) is 1. The van der Waals surface area contributed by atoms with E-state index in [0.29, 0.717) is 0 Å². The summed E-state index contributed by atoms with van der Waals surface area (Å²) < 4.78 is 9.84. The second-order valence-corrected chi connectivity index (χ2v) is 6.75. The Kier molecular flexibility index (Phi) is 11.5. The molecule has 0 radical (unpaired) electrons. The normalized spacial score (nSPS) is 20.7. The van der Waals surface area contributed by atoms with Crippen molar-refractivity contribution in [1.29, 1.82) is 0 Å². The Balaban J connectivity index is 2.03. The number of ether oxygens (including phenoxy) is 2. The van der Waals surface area contributed by atoms with Gasteiger partial charge in [0.1, 0.15) is 0 Å². The fourth-order valence-electron chi connectivity index (χ4n) is 3.20. The predicted octanol–water partition coefficient (Wildman–Crippen LogP) is 3.74. The first kappa shape index (κ1) is 20.9. The maximum absolute atomic E-state index is 11.7. The van der Waals surface area contributed by atoms with Crippen molar-refractivity contribution in [3.63, 3.8) is 0 Å². The standard InChI is InChI=1S/C19H35NO4/c1-3-4-5-6-7-8-9-10-11-12-13-14-16-18(19(22)23-2)24-17(21)15-20-16/h16,18,20H,3-15H2,1-2H3. The van der Waals surface area contributed by atoms with E-state index in [1.165, 1.54) is 64.9 Å². The van der Waals surface area contributed by atoms with Crippen molar-refractivity contribution in [3.8, 4) is 0 Å². The first-order valence-electron chi connectivity index (χ1n) is 9.69. The van der Waals surface area contributed by atoms with Gasteiger partial charge in [-0.1, -0.05) is 77.6 Å². The Hall–Kier alpha value is -1.10. The summed E-state index contributed by atoms with van der Waals surface area (Å²) in [6, 6.07) is -0.117. The van der Waals surface area contributed by atoms with Crippen LogP contribution < -0.4 is 5.32 Å². The van der Waals surface area contributed by atoms with Crippen LogP contribution in [0.4, 0.5) is 0 Å². The molecule has 140 valence electrons. The van der Waals surface area contributed by atoms with Crippen molar-refractivity contribution >= 4 is 11.9 Å². The molecular formula is C19H35NO4. The fourth-order valence-corrected chi connectivity index (χ4v) is 3.20. The molecule has 0 aromatic heterocycles. The average molecular weight is 341 g/mol. The van der Waals surface area contributed by atoms with E-state index in [9.17, 15) is 9.59 Å². The number of nitrogens with one attached hydrogen (secondary N) is 1. The minimum absolute atomic E-state index is 0.117. The number of carbonyl (C=O) groups is 2. The van der Waals surface area contributed by atoms with Gasteiger partial charge in [-0.3, -0.25) is 4.79 Å². The summed E-state index contributed by atoms with van der Waals surface area (Å²) in [4.78, 5) is 23.0. The van der Waals surface area contributed by atoms with E-state index in [1.807, 2.05) is 0 Å². The highest BCUT2D eigenvalue weighted by atomic mass is 16.6. The van der Waals surface area contributed by atoms with Crippen LogP contribution in [0.1, 0.15) is 84.0 Å². The van der Waals surface area contributed by atoms with E-state index < -0.39 is 12.1 Å². The number of esters is 2. The number of carbonyl (C=O) groups excluding carboxylic acids is 2. The van der Waals surface area contributed by atoms with Crippen LogP contribution in [-0.2, 0) is 19.1 Å². The van der Waals surface area contributed by atoms with Crippen molar-refractivity contribution in [3.05, 3.63) is 0 Å². The molecule has 0 aromatic carbocycles. The second kappa shape index (κ2) is 13.2. The maximum Gasteiger partial charge on any atom is 0.348 e. The summed E-state index contributed by atoms with van der Waals surface area (Å²) in [5.74, 6) is -0.857. The molecule has 1 aliphatic rings. The third-order valence-electron chi connectivity index (χ3n) is 4.68. The van der Waals surface area contributed by atoms with Gasteiger partial charge < -0.3 is 14.8 Å². The number of methoxy groups -OCH3 is 1. The SMILES string of the molecule is CCCCCCCCCCCCCC1NCC(=O)OC1C(=O)OC. The van der Waals surface area contributed by atoms with Gasteiger partial charge in [0.15, 0.2) is 0 Å². The Labute approximate surface area is 146 Å². The third-order valence-corrected chi connectivity index (χ3v) is 4.68. The smallest absolute Gasteiger partial charge is 0.348 e. The lowest BCUT2D eigenvalue weighted by molar-refractivity contribution is -0.172. The minimum atomic E-state index is -0.792. The fraction of sp³-hybridized carbons (Fsp3) is 0.895. The molecule has 0 aliphatic carbocycles. The summed E-state index contributed by atoms with van der Waals surface area (Å²) >= 11 is 0. The topological polar surface area (TPSA) is 64.6 Å². The van der Waals surface area contributed by atoms with Gasteiger partial charge >= 0.3 is 11.9 Å². The van der Waals surface area contributed by atoms with Crippen LogP contribution in [0.2, 0.25) is 0 Å². The molecule has 1 rings (SSSR count). The number of morpholine rings is 1. The molecule has 1 N–H and O–H groups in total. The van der Waals surface area contributed by atoms with E-state index in [0.717, 1.165) is 19.3 Å². The van der Waals surface area contributed by atoms with Crippen molar-refractivity contribution in [2.45, 2.75) is 96.1 Å². The minimum Gasteiger partial charge on any atom is -0.466 e. The molecule has 0 spiro atoms. The zero-order valence-corrected chi connectivity index (χ0v) is 15.5. The van der Waals surface area contributed by atoms with Crippen LogP contribution in [0.25, 0.3) is 0 Å². The average Bonchev–Trinajstić information content (AvgIpc) is 2.60. The van der Waals surface area contributed by atoms with Crippen molar-refractivity contribution in [2.75, 3.05) is 13.7 Å². The molecule has 0 amide bonds. The number of unbranched alkanes of at least 4 members (excludes halogenated alkanes) is 10. The van der Waals surface area contributed by atoms with Crippen LogP contribution in [0.15, 0.2) is 0 Å².